The van der Waals surface area contributed by atoms with Gasteiger partial charge in [-0.15, -0.1) is 0 Å². The first-order chi connectivity index (χ1) is 9.72. The molecule has 0 aliphatic rings. The Hall–Kier alpha value is -1.52. The van der Waals surface area contributed by atoms with Crippen molar-refractivity contribution in [1.29, 1.82) is 0 Å². The van der Waals surface area contributed by atoms with Crippen LogP contribution >= 0.6 is 15.9 Å². The third-order valence-electron chi connectivity index (χ3n) is 2.72. The summed E-state index contributed by atoms with van der Waals surface area (Å²) in [5, 5.41) is 9.31. The second-order valence-corrected chi connectivity index (χ2v) is 5.25. The molecule has 0 spiro atoms. The molecule has 0 saturated carbocycles. The molecule has 2 rings (SSSR count). The molecule has 20 heavy (non-hydrogen) atoms. The first-order valence-corrected chi connectivity index (χ1v) is 7.32. The molecular weight excluding hydrogens is 320 g/mol. The van der Waals surface area contributed by atoms with Crippen molar-refractivity contribution < 1.29 is 14.6 Å². The molecule has 0 atom stereocenters. The molecule has 0 unspecified atom stereocenters. The van der Waals surface area contributed by atoms with E-state index >= 15 is 0 Å². The van der Waals surface area contributed by atoms with Gasteiger partial charge in [0.1, 0.15) is 17.2 Å². The van der Waals surface area contributed by atoms with E-state index < -0.39 is 0 Å². The van der Waals surface area contributed by atoms with E-state index in [0.717, 1.165) is 22.2 Å². The van der Waals surface area contributed by atoms with Crippen molar-refractivity contribution in [3.63, 3.8) is 0 Å². The lowest BCUT2D eigenvalue weighted by Crippen LogP contribution is -1.95. The van der Waals surface area contributed by atoms with Crippen LogP contribution < -0.4 is 9.47 Å². The highest BCUT2D eigenvalue weighted by atomic mass is 79.9. The molecule has 0 aliphatic carbocycles. The summed E-state index contributed by atoms with van der Waals surface area (Å²) in [7, 11) is 0. The van der Waals surface area contributed by atoms with Crippen LogP contribution in [0.1, 0.15) is 18.9 Å². The fourth-order valence-electron chi connectivity index (χ4n) is 1.70. The highest BCUT2D eigenvalue weighted by Crippen LogP contribution is 2.29. The van der Waals surface area contributed by atoms with Crippen LogP contribution in [0.3, 0.4) is 0 Å². The van der Waals surface area contributed by atoms with E-state index in [1.165, 1.54) is 0 Å². The van der Waals surface area contributed by atoms with E-state index in [0.29, 0.717) is 18.1 Å². The van der Waals surface area contributed by atoms with Gasteiger partial charge in [0.15, 0.2) is 0 Å². The molecule has 0 bridgehead atoms. The molecule has 0 amide bonds. The number of hydrogen-bond acceptors (Lipinski definition) is 3. The molecule has 2 aromatic carbocycles. The summed E-state index contributed by atoms with van der Waals surface area (Å²) in [6, 6.07) is 13.0. The van der Waals surface area contributed by atoms with Crippen LogP contribution in [0.5, 0.6) is 17.2 Å². The van der Waals surface area contributed by atoms with Crippen LogP contribution in [0.2, 0.25) is 0 Å². The van der Waals surface area contributed by atoms with Crippen molar-refractivity contribution in [3.05, 3.63) is 52.5 Å². The summed E-state index contributed by atoms with van der Waals surface area (Å²) in [5.41, 5.74) is 0.750. The third-order valence-corrected chi connectivity index (χ3v) is 3.22. The van der Waals surface area contributed by atoms with Gasteiger partial charge in [-0.2, -0.15) is 0 Å². The molecule has 2 aromatic rings. The van der Waals surface area contributed by atoms with Crippen LogP contribution in [-0.2, 0) is 6.61 Å². The zero-order valence-corrected chi connectivity index (χ0v) is 12.9. The van der Waals surface area contributed by atoms with Crippen LogP contribution in [0.15, 0.2) is 46.9 Å². The Bertz CT molecular complexity index is 552. The van der Waals surface area contributed by atoms with E-state index in [4.69, 9.17) is 9.47 Å². The molecule has 3 nitrogen and oxygen atoms in total. The van der Waals surface area contributed by atoms with Gasteiger partial charge in [0.05, 0.1) is 13.2 Å². The number of hydrogen-bond donors (Lipinski definition) is 1. The zero-order chi connectivity index (χ0) is 14.4. The topological polar surface area (TPSA) is 38.7 Å². The molecule has 0 aliphatic heterocycles. The maximum atomic E-state index is 9.31. The molecule has 0 saturated heterocycles. The third kappa shape index (κ3) is 3.99. The lowest BCUT2D eigenvalue weighted by Gasteiger charge is -2.11. The first kappa shape index (κ1) is 14.9. The number of aliphatic hydroxyl groups excluding tert-OH is 1. The maximum Gasteiger partial charge on any atom is 0.134 e. The minimum Gasteiger partial charge on any atom is -0.494 e. The molecule has 0 radical (unpaired) electrons. The number of halogens is 1. The lowest BCUT2D eigenvalue weighted by molar-refractivity contribution is 0.276. The summed E-state index contributed by atoms with van der Waals surface area (Å²) >= 11 is 3.40. The standard InChI is InChI=1S/C16H17BrO3/c1-2-9-19-14-5-7-15(8-6-14)20-16-10-13(17)4-3-12(16)11-18/h3-8,10,18H,2,9,11H2,1H3. The second kappa shape index (κ2) is 7.31. The van der Waals surface area contributed by atoms with Gasteiger partial charge in [-0.25, -0.2) is 0 Å². The Morgan fingerprint density at radius 3 is 2.40 bits per heavy atom. The van der Waals surface area contributed by atoms with E-state index in [1.54, 1.807) is 0 Å². The minimum atomic E-state index is -0.0552. The van der Waals surface area contributed by atoms with Crippen molar-refractivity contribution in [2.75, 3.05) is 6.61 Å². The number of ether oxygens (including phenoxy) is 2. The van der Waals surface area contributed by atoms with Crippen molar-refractivity contribution in [2.24, 2.45) is 0 Å². The number of benzene rings is 2. The monoisotopic (exact) mass is 336 g/mol. The fourth-order valence-corrected chi connectivity index (χ4v) is 2.04. The SMILES string of the molecule is CCCOc1ccc(Oc2cc(Br)ccc2CO)cc1. The molecule has 0 aromatic heterocycles. The predicted octanol–water partition coefficient (Wildman–Crippen LogP) is 4.52. The van der Waals surface area contributed by atoms with E-state index in [-0.39, 0.29) is 6.61 Å². The molecule has 4 heteroatoms. The highest BCUT2D eigenvalue weighted by molar-refractivity contribution is 9.10. The average Bonchev–Trinajstić information content (AvgIpc) is 2.47. The lowest BCUT2D eigenvalue weighted by atomic mass is 10.2. The smallest absolute Gasteiger partial charge is 0.134 e. The minimum absolute atomic E-state index is 0.0552. The van der Waals surface area contributed by atoms with Crippen molar-refractivity contribution in [2.45, 2.75) is 20.0 Å². The van der Waals surface area contributed by atoms with Gasteiger partial charge in [0.2, 0.25) is 0 Å². The Morgan fingerprint density at radius 2 is 1.75 bits per heavy atom. The van der Waals surface area contributed by atoms with Gasteiger partial charge in [0, 0.05) is 10.0 Å². The van der Waals surface area contributed by atoms with Crippen LogP contribution in [-0.4, -0.2) is 11.7 Å². The fraction of sp³-hybridized carbons (Fsp3) is 0.250. The number of aliphatic hydroxyl groups is 1. The van der Waals surface area contributed by atoms with Crippen molar-refractivity contribution >= 4 is 15.9 Å². The first-order valence-electron chi connectivity index (χ1n) is 6.53. The van der Waals surface area contributed by atoms with Crippen LogP contribution in [0, 0.1) is 0 Å². The second-order valence-electron chi connectivity index (χ2n) is 4.33. The average molecular weight is 337 g/mol. The Morgan fingerprint density at radius 1 is 1.05 bits per heavy atom. The quantitative estimate of drug-likeness (QED) is 0.842. The summed E-state index contributed by atoms with van der Waals surface area (Å²) in [4.78, 5) is 0. The number of rotatable bonds is 6. The van der Waals surface area contributed by atoms with Gasteiger partial charge in [-0.3, -0.25) is 0 Å². The predicted molar refractivity (Wildman–Crippen MR) is 82.4 cm³/mol. The zero-order valence-electron chi connectivity index (χ0n) is 11.3. The van der Waals surface area contributed by atoms with Gasteiger partial charge in [0.25, 0.3) is 0 Å². The van der Waals surface area contributed by atoms with Gasteiger partial charge in [-0.05, 0) is 42.8 Å². The molecule has 0 fully saturated rings. The van der Waals surface area contributed by atoms with Crippen LogP contribution in [0.4, 0.5) is 0 Å². The summed E-state index contributed by atoms with van der Waals surface area (Å²) in [6.45, 7) is 2.72. The molecule has 106 valence electrons. The molecule has 1 N–H and O–H groups in total. The van der Waals surface area contributed by atoms with Crippen molar-refractivity contribution in [1.82, 2.24) is 0 Å². The molecule has 0 heterocycles. The Labute approximate surface area is 127 Å². The van der Waals surface area contributed by atoms with E-state index in [2.05, 4.69) is 22.9 Å². The van der Waals surface area contributed by atoms with Crippen molar-refractivity contribution in [3.8, 4) is 17.2 Å². The molecular formula is C16H17BrO3. The van der Waals surface area contributed by atoms with Gasteiger partial charge >= 0.3 is 0 Å². The Balaban J connectivity index is 2.11. The van der Waals surface area contributed by atoms with E-state index in [1.807, 2.05) is 42.5 Å². The maximum absolute atomic E-state index is 9.31. The van der Waals surface area contributed by atoms with Gasteiger partial charge in [-0.1, -0.05) is 28.9 Å². The summed E-state index contributed by atoms with van der Waals surface area (Å²) in [5.74, 6) is 2.18. The van der Waals surface area contributed by atoms with Crippen LogP contribution in [0.25, 0.3) is 0 Å². The Kier molecular flexibility index (Phi) is 5.44. The highest BCUT2D eigenvalue weighted by Gasteiger charge is 2.05. The normalized spacial score (nSPS) is 10.3. The summed E-state index contributed by atoms with van der Waals surface area (Å²) < 4.78 is 12.2. The van der Waals surface area contributed by atoms with Gasteiger partial charge < -0.3 is 14.6 Å². The summed E-state index contributed by atoms with van der Waals surface area (Å²) in [6.07, 6.45) is 0.982. The van der Waals surface area contributed by atoms with E-state index in [9.17, 15) is 5.11 Å². The largest absolute Gasteiger partial charge is 0.494 e.